The molecule has 0 aromatic carbocycles. The van der Waals surface area contributed by atoms with Gasteiger partial charge in [0.1, 0.15) is 0 Å². The molecule has 1 aliphatic carbocycles. The van der Waals surface area contributed by atoms with Crippen LogP contribution < -0.4 is 5.32 Å². The molecule has 0 radical (unpaired) electrons. The first-order chi connectivity index (χ1) is 9.86. The molecule has 2 unspecified atom stereocenters. The van der Waals surface area contributed by atoms with E-state index >= 15 is 0 Å². The van der Waals surface area contributed by atoms with Gasteiger partial charge in [-0.2, -0.15) is 0 Å². The second-order valence-corrected chi connectivity index (χ2v) is 6.74. The number of hydrogen-bond acceptors (Lipinski definition) is 4. The van der Waals surface area contributed by atoms with Gasteiger partial charge in [-0.15, -0.1) is 0 Å². The number of hydrogen-bond donors (Lipinski definition) is 1. The Morgan fingerprint density at radius 3 is 2.50 bits per heavy atom. The van der Waals surface area contributed by atoms with E-state index in [9.17, 15) is 0 Å². The lowest BCUT2D eigenvalue weighted by atomic mass is 10.0. The topological polar surface area (TPSA) is 27.7 Å². The van der Waals surface area contributed by atoms with Crippen LogP contribution in [-0.4, -0.2) is 74.4 Å². The molecule has 1 saturated carbocycles. The summed E-state index contributed by atoms with van der Waals surface area (Å²) in [5, 5.41) is 3.58. The van der Waals surface area contributed by atoms with E-state index in [-0.39, 0.29) is 0 Å². The summed E-state index contributed by atoms with van der Waals surface area (Å²) in [4.78, 5) is 5.41. The van der Waals surface area contributed by atoms with Crippen molar-refractivity contribution in [3.8, 4) is 0 Å². The number of piperazine rings is 1. The zero-order valence-electron chi connectivity index (χ0n) is 13.0. The van der Waals surface area contributed by atoms with Crippen molar-refractivity contribution in [2.75, 3.05) is 52.5 Å². The smallest absolute Gasteiger partial charge is 0.0623 e. The first-order valence-electron chi connectivity index (χ1n) is 8.64. The molecule has 20 heavy (non-hydrogen) atoms. The van der Waals surface area contributed by atoms with E-state index in [1.165, 1.54) is 58.4 Å². The fourth-order valence-corrected chi connectivity index (χ4v) is 4.18. The molecule has 0 amide bonds. The van der Waals surface area contributed by atoms with Crippen LogP contribution in [0.2, 0.25) is 0 Å². The lowest BCUT2D eigenvalue weighted by molar-refractivity contribution is 0.0828. The fraction of sp³-hybridized carbons (Fsp3) is 1.00. The van der Waals surface area contributed by atoms with Gasteiger partial charge in [0, 0.05) is 50.7 Å². The summed E-state index contributed by atoms with van der Waals surface area (Å²) in [6, 6.07) is 1.48. The Bertz CT molecular complexity index is 285. The van der Waals surface area contributed by atoms with E-state index in [4.69, 9.17) is 4.74 Å². The summed E-state index contributed by atoms with van der Waals surface area (Å²) in [5.41, 5.74) is 0. The number of nitrogens with zero attached hydrogens (tertiary/aromatic N) is 2. The van der Waals surface area contributed by atoms with Gasteiger partial charge in [-0.3, -0.25) is 4.90 Å². The third kappa shape index (κ3) is 3.53. The zero-order chi connectivity index (χ0) is 13.8. The van der Waals surface area contributed by atoms with Crippen LogP contribution in [0.4, 0.5) is 0 Å². The normalized spacial score (nSPS) is 34.0. The van der Waals surface area contributed by atoms with Crippen molar-refractivity contribution in [3.63, 3.8) is 0 Å². The van der Waals surface area contributed by atoms with E-state index in [1.807, 2.05) is 0 Å². The molecule has 1 N–H and O–H groups in total. The minimum absolute atomic E-state index is 0.577. The van der Waals surface area contributed by atoms with Gasteiger partial charge >= 0.3 is 0 Å². The van der Waals surface area contributed by atoms with Crippen molar-refractivity contribution in [2.45, 2.75) is 44.7 Å². The molecule has 4 nitrogen and oxygen atoms in total. The van der Waals surface area contributed by atoms with E-state index in [1.54, 1.807) is 0 Å². The van der Waals surface area contributed by atoms with Gasteiger partial charge in [0.05, 0.1) is 13.2 Å². The molecule has 0 spiro atoms. The second-order valence-electron chi connectivity index (χ2n) is 6.74. The van der Waals surface area contributed by atoms with Crippen molar-refractivity contribution >= 4 is 0 Å². The maximum Gasteiger partial charge on any atom is 0.0623 e. The Kier molecular flexibility index (Phi) is 5.32. The van der Waals surface area contributed by atoms with Crippen LogP contribution in [-0.2, 0) is 4.74 Å². The molecule has 2 aliphatic heterocycles. The average molecular weight is 281 g/mol. The van der Waals surface area contributed by atoms with Crippen molar-refractivity contribution in [1.82, 2.24) is 15.1 Å². The predicted octanol–water partition coefficient (Wildman–Crippen LogP) is 1.17. The highest BCUT2D eigenvalue weighted by Gasteiger charge is 2.31. The molecular formula is C16H31N3O. The van der Waals surface area contributed by atoms with E-state index < -0.39 is 0 Å². The minimum Gasteiger partial charge on any atom is -0.379 e. The van der Waals surface area contributed by atoms with Crippen LogP contribution >= 0.6 is 0 Å². The highest BCUT2D eigenvalue weighted by Crippen LogP contribution is 2.24. The second kappa shape index (κ2) is 7.21. The molecule has 2 heterocycles. The fourth-order valence-electron chi connectivity index (χ4n) is 4.18. The Balaban J connectivity index is 1.41. The zero-order valence-corrected chi connectivity index (χ0v) is 13.0. The monoisotopic (exact) mass is 281 g/mol. The molecular weight excluding hydrogens is 250 g/mol. The Morgan fingerprint density at radius 1 is 1.05 bits per heavy atom. The highest BCUT2D eigenvalue weighted by molar-refractivity contribution is 4.86. The lowest BCUT2D eigenvalue weighted by Crippen LogP contribution is -2.52. The van der Waals surface area contributed by atoms with Gasteiger partial charge in [0.15, 0.2) is 0 Å². The van der Waals surface area contributed by atoms with Crippen LogP contribution in [0.5, 0.6) is 0 Å². The molecule has 3 aliphatic rings. The summed E-state index contributed by atoms with van der Waals surface area (Å²) in [6.07, 6.45) is 5.79. The maximum absolute atomic E-state index is 5.67. The molecule has 3 fully saturated rings. The SMILES string of the molecule is CCNC1COCC1CN1CCN(C2CCCC2)CC1. The molecule has 4 heteroatoms. The molecule has 0 aromatic heterocycles. The van der Waals surface area contributed by atoms with Crippen molar-refractivity contribution in [3.05, 3.63) is 0 Å². The average Bonchev–Trinajstić information content (AvgIpc) is 3.13. The van der Waals surface area contributed by atoms with Crippen LogP contribution in [0.1, 0.15) is 32.6 Å². The number of ether oxygens (including phenoxy) is 1. The predicted molar refractivity (Wildman–Crippen MR) is 82.0 cm³/mol. The first kappa shape index (κ1) is 14.8. The van der Waals surface area contributed by atoms with Gasteiger partial charge in [-0.1, -0.05) is 19.8 Å². The van der Waals surface area contributed by atoms with Crippen molar-refractivity contribution < 1.29 is 4.74 Å². The van der Waals surface area contributed by atoms with Gasteiger partial charge in [-0.05, 0) is 19.4 Å². The first-order valence-corrected chi connectivity index (χ1v) is 8.64. The van der Waals surface area contributed by atoms with Crippen molar-refractivity contribution in [1.29, 1.82) is 0 Å². The molecule has 2 atom stereocenters. The molecule has 0 aromatic rings. The number of rotatable bonds is 5. The quantitative estimate of drug-likeness (QED) is 0.819. The molecule has 116 valence electrons. The Labute approximate surface area is 123 Å². The Hall–Kier alpha value is -0.160. The van der Waals surface area contributed by atoms with Crippen LogP contribution in [0.15, 0.2) is 0 Å². The summed E-state index contributed by atoms with van der Waals surface area (Å²) >= 11 is 0. The van der Waals surface area contributed by atoms with Gasteiger partial charge in [0.2, 0.25) is 0 Å². The highest BCUT2D eigenvalue weighted by atomic mass is 16.5. The summed E-state index contributed by atoms with van der Waals surface area (Å²) in [7, 11) is 0. The maximum atomic E-state index is 5.67. The number of likely N-dealkylation sites (N-methyl/N-ethyl adjacent to an activating group) is 1. The standard InChI is InChI=1S/C16H31N3O/c1-2-17-16-13-20-12-14(16)11-18-7-9-19(10-8-18)15-5-3-4-6-15/h14-17H,2-13H2,1H3. The minimum atomic E-state index is 0.577. The molecule has 0 bridgehead atoms. The third-order valence-electron chi connectivity index (χ3n) is 5.41. The largest absolute Gasteiger partial charge is 0.379 e. The summed E-state index contributed by atoms with van der Waals surface area (Å²) in [6.45, 7) is 11.4. The van der Waals surface area contributed by atoms with Crippen LogP contribution in [0.25, 0.3) is 0 Å². The molecule has 3 rings (SSSR count). The Morgan fingerprint density at radius 2 is 1.80 bits per heavy atom. The van der Waals surface area contributed by atoms with E-state index in [0.717, 1.165) is 25.8 Å². The summed E-state index contributed by atoms with van der Waals surface area (Å²) in [5.74, 6) is 0.688. The lowest BCUT2D eigenvalue weighted by Gasteiger charge is -2.39. The van der Waals surface area contributed by atoms with Crippen LogP contribution in [0, 0.1) is 5.92 Å². The van der Waals surface area contributed by atoms with Crippen LogP contribution in [0.3, 0.4) is 0 Å². The third-order valence-corrected chi connectivity index (χ3v) is 5.41. The van der Waals surface area contributed by atoms with Gasteiger partial charge in [0.25, 0.3) is 0 Å². The molecule has 2 saturated heterocycles. The van der Waals surface area contributed by atoms with E-state index in [2.05, 4.69) is 22.0 Å². The number of nitrogens with one attached hydrogen (secondary N) is 1. The van der Waals surface area contributed by atoms with Crippen molar-refractivity contribution in [2.24, 2.45) is 5.92 Å². The summed E-state index contributed by atoms with van der Waals surface area (Å²) < 4.78 is 5.67. The van der Waals surface area contributed by atoms with Gasteiger partial charge < -0.3 is 15.0 Å². The van der Waals surface area contributed by atoms with E-state index in [0.29, 0.717) is 12.0 Å². The van der Waals surface area contributed by atoms with Gasteiger partial charge in [-0.25, -0.2) is 0 Å².